The molecule has 0 bridgehead atoms. The number of likely N-dealkylation sites (tertiary alicyclic amines) is 1. The molecule has 2 aromatic carbocycles. The van der Waals surface area contributed by atoms with Gasteiger partial charge < -0.3 is 9.80 Å². The molecule has 2 atom stereocenters. The fourth-order valence-electron chi connectivity index (χ4n) is 4.38. The van der Waals surface area contributed by atoms with Crippen LogP contribution in [0.15, 0.2) is 66.7 Å². The molecule has 0 saturated carbocycles. The molecule has 0 aliphatic carbocycles. The van der Waals surface area contributed by atoms with Crippen molar-refractivity contribution in [2.45, 2.75) is 31.2 Å². The Morgan fingerprint density at radius 3 is 2.43 bits per heavy atom. The third kappa shape index (κ3) is 4.16. The molecule has 4 heteroatoms. The fourth-order valence-corrected chi connectivity index (χ4v) is 4.65. The van der Waals surface area contributed by atoms with Gasteiger partial charge in [-0.2, -0.15) is 0 Å². The minimum Gasteiger partial charge on any atom is -0.330 e. The molecule has 146 valence electrons. The van der Waals surface area contributed by atoms with Gasteiger partial charge in [-0.25, -0.2) is 0 Å². The Morgan fingerprint density at radius 2 is 1.68 bits per heavy atom. The van der Waals surface area contributed by atoms with E-state index in [1.807, 2.05) is 30.3 Å². The van der Waals surface area contributed by atoms with Gasteiger partial charge in [0.15, 0.2) is 0 Å². The molecule has 0 spiro atoms. The van der Waals surface area contributed by atoms with Gasteiger partial charge in [0.1, 0.15) is 0 Å². The standard InChI is InChI=1S/C24H27ClN2O/c25-22-14-5-4-12-20(22)21-13-6-7-17-27(24(21)28)23(18-26-15-8-9-16-26)19-10-2-1-3-11-19/h1-7,10-12,14,21,23H,8-9,13,15-18H2/t21?,23-/m1/s1. The van der Waals surface area contributed by atoms with Crippen molar-refractivity contribution in [1.29, 1.82) is 0 Å². The average Bonchev–Trinajstić information content (AvgIpc) is 3.17. The van der Waals surface area contributed by atoms with Crippen molar-refractivity contribution in [2.75, 3.05) is 26.2 Å². The monoisotopic (exact) mass is 394 g/mol. The number of hydrogen-bond donors (Lipinski definition) is 0. The lowest BCUT2D eigenvalue weighted by Crippen LogP contribution is -2.42. The Balaban J connectivity index is 1.67. The normalized spacial score (nSPS) is 21.7. The highest BCUT2D eigenvalue weighted by atomic mass is 35.5. The van der Waals surface area contributed by atoms with Crippen LogP contribution in [0, 0.1) is 0 Å². The van der Waals surface area contributed by atoms with E-state index in [9.17, 15) is 4.79 Å². The van der Waals surface area contributed by atoms with Crippen molar-refractivity contribution < 1.29 is 4.79 Å². The summed E-state index contributed by atoms with van der Waals surface area (Å²) in [6.45, 7) is 3.77. The zero-order chi connectivity index (χ0) is 19.3. The summed E-state index contributed by atoms with van der Waals surface area (Å²) >= 11 is 6.45. The van der Waals surface area contributed by atoms with E-state index >= 15 is 0 Å². The highest BCUT2D eigenvalue weighted by molar-refractivity contribution is 6.31. The van der Waals surface area contributed by atoms with Crippen molar-refractivity contribution in [2.24, 2.45) is 0 Å². The Hall–Kier alpha value is -2.10. The number of rotatable bonds is 5. The van der Waals surface area contributed by atoms with Gasteiger partial charge in [0.05, 0.1) is 12.0 Å². The van der Waals surface area contributed by atoms with Gasteiger partial charge in [-0.05, 0) is 49.5 Å². The zero-order valence-corrected chi connectivity index (χ0v) is 16.9. The van der Waals surface area contributed by atoms with Crippen LogP contribution in [-0.4, -0.2) is 41.9 Å². The molecule has 1 fully saturated rings. The summed E-state index contributed by atoms with van der Waals surface area (Å²) in [6, 6.07) is 18.3. The lowest BCUT2D eigenvalue weighted by molar-refractivity contribution is -0.134. The SMILES string of the molecule is O=C1C(c2ccccc2Cl)CC=CCN1[C@H](CN1CCCC1)c1ccccc1. The molecule has 2 heterocycles. The molecule has 1 unspecified atom stereocenters. The second-order valence-corrected chi connectivity index (χ2v) is 8.11. The first-order valence-corrected chi connectivity index (χ1v) is 10.6. The van der Waals surface area contributed by atoms with Gasteiger partial charge in [0, 0.05) is 18.1 Å². The van der Waals surface area contributed by atoms with Crippen LogP contribution in [0.1, 0.15) is 42.3 Å². The maximum Gasteiger partial charge on any atom is 0.231 e. The van der Waals surface area contributed by atoms with Gasteiger partial charge >= 0.3 is 0 Å². The molecule has 2 aliphatic rings. The van der Waals surface area contributed by atoms with Gasteiger partial charge in [0.25, 0.3) is 0 Å². The van der Waals surface area contributed by atoms with Crippen LogP contribution in [0.3, 0.4) is 0 Å². The minimum atomic E-state index is -0.225. The number of hydrogen-bond acceptors (Lipinski definition) is 2. The number of carbonyl (C=O) groups excluding carboxylic acids is 1. The summed E-state index contributed by atoms with van der Waals surface area (Å²) in [5.74, 6) is -0.0524. The fraction of sp³-hybridized carbons (Fsp3) is 0.375. The van der Waals surface area contributed by atoms with Crippen LogP contribution in [0.5, 0.6) is 0 Å². The van der Waals surface area contributed by atoms with Crippen LogP contribution in [0.2, 0.25) is 5.02 Å². The van der Waals surface area contributed by atoms with Gasteiger partial charge in [-0.15, -0.1) is 0 Å². The van der Waals surface area contributed by atoms with E-state index in [1.165, 1.54) is 18.4 Å². The van der Waals surface area contributed by atoms with E-state index in [0.29, 0.717) is 18.0 Å². The lowest BCUT2D eigenvalue weighted by atomic mass is 9.93. The molecule has 2 aliphatic heterocycles. The van der Waals surface area contributed by atoms with Crippen LogP contribution in [0.4, 0.5) is 0 Å². The van der Waals surface area contributed by atoms with Gasteiger partial charge in [-0.3, -0.25) is 4.79 Å². The summed E-state index contributed by atoms with van der Waals surface area (Å²) in [5, 5.41) is 0.673. The smallest absolute Gasteiger partial charge is 0.231 e. The average molecular weight is 395 g/mol. The predicted molar refractivity (Wildman–Crippen MR) is 115 cm³/mol. The quantitative estimate of drug-likeness (QED) is 0.662. The summed E-state index contributed by atoms with van der Waals surface area (Å²) in [7, 11) is 0. The number of allylic oxidation sites excluding steroid dienone is 1. The van der Waals surface area contributed by atoms with Crippen molar-refractivity contribution in [1.82, 2.24) is 9.80 Å². The highest BCUT2D eigenvalue weighted by Crippen LogP contribution is 2.34. The molecule has 1 saturated heterocycles. The molecule has 28 heavy (non-hydrogen) atoms. The maximum absolute atomic E-state index is 13.7. The summed E-state index contributed by atoms with van der Waals surface area (Å²) in [4.78, 5) is 18.2. The van der Waals surface area contributed by atoms with Crippen LogP contribution in [-0.2, 0) is 4.79 Å². The zero-order valence-electron chi connectivity index (χ0n) is 16.1. The molecule has 0 aromatic heterocycles. The van der Waals surface area contributed by atoms with Crippen molar-refractivity contribution in [3.63, 3.8) is 0 Å². The van der Waals surface area contributed by atoms with Crippen molar-refractivity contribution in [3.8, 4) is 0 Å². The van der Waals surface area contributed by atoms with Crippen molar-refractivity contribution in [3.05, 3.63) is 82.9 Å². The molecule has 4 rings (SSSR count). The van der Waals surface area contributed by atoms with E-state index in [0.717, 1.165) is 25.2 Å². The number of carbonyl (C=O) groups is 1. The van der Waals surface area contributed by atoms with E-state index in [2.05, 4.69) is 46.2 Å². The molecule has 0 radical (unpaired) electrons. The molecule has 1 amide bonds. The van der Waals surface area contributed by atoms with Crippen molar-refractivity contribution >= 4 is 17.5 Å². The first-order chi connectivity index (χ1) is 13.7. The van der Waals surface area contributed by atoms with E-state index < -0.39 is 0 Å². The molecular weight excluding hydrogens is 368 g/mol. The third-order valence-corrected chi connectivity index (χ3v) is 6.24. The number of nitrogens with zero attached hydrogens (tertiary/aromatic N) is 2. The van der Waals surface area contributed by atoms with Gasteiger partial charge in [-0.1, -0.05) is 72.3 Å². The van der Waals surface area contributed by atoms with Crippen LogP contribution in [0.25, 0.3) is 0 Å². The number of halogens is 1. The number of amides is 1. The number of benzene rings is 2. The second-order valence-electron chi connectivity index (χ2n) is 7.71. The summed E-state index contributed by atoms with van der Waals surface area (Å²) in [5.41, 5.74) is 2.13. The Labute approximate surface area is 172 Å². The Bertz CT molecular complexity index is 830. The van der Waals surface area contributed by atoms with E-state index in [1.54, 1.807) is 0 Å². The largest absolute Gasteiger partial charge is 0.330 e. The molecule has 0 N–H and O–H groups in total. The first-order valence-electron chi connectivity index (χ1n) is 10.2. The van der Waals surface area contributed by atoms with E-state index in [4.69, 9.17) is 11.6 Å². The summed E-state index contributed by atoms with van der Waals surface area (Å²) < 4.78 is 0. The maximum atomic E-state index is 13.7. The Morgan fingerprint density at radius 1 is 0.964 bits per heavy atom. The molecule has 3 nitrogen and oxygen atoms in total. The second kappa shape index (κ2) is 8.93. The Kier molecular flexibility index (Phi) is 6.13. The summed E-state index contributed by atoms with van der Waals surface area (Å²) in [6.07, 6.45) is 7.46. The van der Waals surface area contributed by atoms with Gasteiger partial charge in [0.2, 0.25) is 5.91 Å². The topological polar surface area (TPSA) is 23.6 Å². The minimum absolute atomic E-state index is 0.0551. The predicted octanol–water partition coefficient (Wildman–Crippen LogP) is 5.05. The molecular formula is C24H27ClN2O. The molecule has 2 aromatic rings. The van der Waals surface area contributed by atoms with Crippen LogP contribution < -0.4 is 0 Å². The lowest BCUT2D eigenvalue weighted by Gasteiger charge is -2.35. The highest BCUT2D eigenvalue weighted by Gasteiger charge is 2.33. The van der Waals surface area contributed by atoms with E-state index in [-0.39, 0.29) is 17.9 Å². The van der Waals surface area contributed by atoms with Crippen LogP contribution >= 0.6 is 11.6 Å². The first kappa shape index (κ1) is 19.2. The third-order valence-electron chi connectivity index (χ3n) is 5.89.